The Balaban J connectivity index is 2.78. The number of anilines is 1. The predicted molar refractivity (Wildman–Crippen MR) is 61.5 cm³/mol. The van der Waals surface area contributed by atoms with Gasteiger partial charge in [-0.15, -0.1) is 0 Å². The summed E-state index contributed by atoms with van der Waals surface area (Å²) in [5, 5.41) is 8.53. The molecule has 0 N–H and O–H groups in total. The number of nitriles is 1. The summed E-state index contributed by atoms with van der Waals surface area (Å²) < 4.78 is 4.53. The van der Waals surface area contributed by atoms with Gasteiger partial charge in [0.05, 0.1) is 32.0 Å². The van der Waals surface area contributed by atoms with Crippen molar-refractivity contribution in [2.75, 3.05) is 25.1 Å². The Hall–Kier alpha value is -2.16. The molecule has 0 spiro atoms. The molecule has 17 heavy (non-hydrogen) atoms. The van der Waals surface area contributed by atoms with Gasteiger partial charge in [0.25, 0.3) is 0 Å². The van der Waals surface area contributed by atoms with E-state index in [0.717, 1.165) is 6.54 Å². The van der Waals surface area contributed by atoms with Crippen molar-refractivity contribution in [3.05, 3.63) is 18.1 Å². The highest BCUT2D eigenvalue weighted by Crippen LogP contribution is 2.09. The van der Waals surface area contributed by atoms with E-state index in [0.29, 0.717) is 18.8 Å². The molecule has 0 aliphatic heterocycles. The Morgan fingerprint density at radius 3 is 2.76 bits per heavy atom. The number of rotatable bonds is 5. The lowest BCUT2D eigenvalue weighted by atomic mass is 10.4. The van der Waals surface area contributed by atoms with Crippen LogP contribution in [0.2, 0.25) is 0 Å². The van der Waals surface area contributed by atoms with Crippen LogP contribution in [0.1, 0.15) is 23.8 Å². The molecular weight excluding hydrogens is 220 g/mol. The third-order valence-corrected chi connectivity index (χ3v) is 2.23. The molecule has 0 amide bonds. The van der Waals surface area contributed by atoms with E-state index >= 15 is 0 Å². The summed E-state index contributed by atoms with van der Waals surface area (Å²) in [7, 11) is 1.29. The van der Waals surface area contributed by atoms with Crippen molar-refractivity contribution < 1.29 is 9.53 Å². The average molecular weight is 234 g/mol. The minimum atomic E-state index is -0.510. The quantitative estimate of drug-likeness (QED) is 0.707. The highest BCUT2D eigenvalue weighted by atomic mass is 16.5. The second kappa shape index (κ2) is 6.43. The third kappa shape index (κ3) is 3.41. The molecule has 0 saturated heterocycles. The molecule has 0 unspecified atom stereocenters. The number of carbonyl (C=O) groups excluding carboxylic acids is 1. The van der Waals surface area contributed by atoms with E-state index in [2.05, 4.69) is 20.8 Å². The lowest BCUT2D eigenvalue weighted by Gasteiger charge is -2.19. The summed E-state index contributed by atoms with van der Waals surface area (Å²) in [4.78, 5) is 21.2. The molecule has 0 saturated carbocycles. The Morgan fingerprint density at radius 1 is 1.53 bits per heavy atom. The molecule has 1 rings (SSSR count). The number of nitrogens with zero attached hydrogens (tertiary/aromatic N) is 4. The summed E-state index contributed by atoms with van der Waals surface area (Å²) in [6, 6.07) is 2.08. The topological polar surface area (TPSA) is 79.1 Å². The summed E-state index contributed by atoms with van der Waals surface area (Å²) in [6.45, 7) is 3.29. The largest absolute Gasteiger partial charge is 0.464 e. The van der Waals surface area contributed by atoms with Crippen LogP contribution in [0.3, 0.4) is 0 Å². The van der Waals surface area contributed by atoms with Crippen molar-refractivity contribution in [2.24, 2.45) is 0 Å². The van der Waals surface area contributed by atoms with Gasteiger partial charge in [0.1, 0.15) is 5.82 Å². The van der Waals surface area contributed by atoms with Gasteiger partial charge in [0.15, 0.2) is 5.69 Å². The summed E-state index contributed by atoms with van der Waals surface area (Å²) in [5.41, 5.74) is 0.174. The Labute approximate surface area is 99.9 Å². The zero-order valence-electron chi connectivity index (χ0n) is 9.88. The molecule has 0 radical (unpaired) electrons. The molecule has 1 aromatic heterocycles. The smallest absolute Gasteiger partial charge is 0.358 e. The van der Waals surface area contributed by atoms with Crippen LogP contribution in [0.25, 0.3) is 0 Å². The Bertz CT molecular complexity index is 410. The molecule has 6 nitrogen and oxygen atoms in total. The van der Waals surface area contributed by atoms with Crippen LogP contribution in [0.15, 0.2) is 12.4 Å². The second-order valence-electron chi connectivity index (χ2n) is 3.24. The highest BCUT2D eigenvalue weighted by Gasteiger charge is 2.10. The number of methoxy groups -OCH3 is 1. The molecule has 0 fully saturated rings. The first kappa shape index (κ1) is 12.9. The molecule has 90 valence electrons. The van der Waals surface area contributed by atoms with Crippen LogP contribution in [0, 0.1) is 11.3 Å². The van der Waals surface area contributed by atoms with Crippen molar-refractivity contribution in [3.63, 3.8) is 0 Å². The van der Waals surface area contributed by atoms with E-state index in [4.69, 9.17) is 5.26 Å². The van der Waals surface area contributed by atoms with Gasteiger partial charge >= 0.3 is 5.97 Å². The molecule has 0 bridgehead atoms. The maximum absolute atomic E-state index is 11.2. The summed E-state index contributed by atoms with van der Waals surface area (Å²) >= 11 is 0. The van der Waals surface area contributed by atoms with Gasteiger partial charge in [-0.05, 0) is 6.92 Å². The highest BCUT2D eigenvalue weighted by molar-refractivity contribution is 5.86. The molecule has 0 aromatic carbocycles. The molecule has 1 heterocycles. The lowest BCUT2D eigenvalue weighted by Crippen LogP contribution is -2.25. The van der Waals surface area contributed by atoms with Gasteiger partial charge in [-0.1, -0.05) is 0 Å². The van der Waals surface area contributed by atoms with E-state index < -0.39 is 5.97 Å². The molecule has 0 aliphatic carbocycles. The number of hydrogen-bond acceptors (Lipinski definition) is 6. The van der Waals surface area contributed by atoms with Crippen LogP contribution in [-0.4, -0.2) is 36.1 Å². The van der Waals surface area contributed by atoms with Gasteiger partial charge in [-0.25, -0.2) is 14.8 Å². The zero-order valence-corrected chi connectivity index (χ0v) is 9.88. The van der Waals surface area contributed by atoms with E-state index in [1.165, 1.54) is 19.5 Å². The van der Waals surface area contributed by atoms with Crippen LogP contribution in [0.4, 0.5) is 5.82 Å². The van der Waals surface area contributed by atoms with Gasteiger partial charge in [-0.3, -0.25) is 0 Å². The van der Waals surface area contributed by atoms with E-state index in [-0.39, 0.29) is 5.69 Å². The first-order valence-electron chi connectivity index (χ1n) is 5.25. The minimum absolute atomic E-state index is 0.174. The number of aromatic nitrogens is 2. The van der Waals surface area contributed by atoms with Crippen molar-refractivity contribution in [3.8, 4) is 6.07 Å². The molecular formula is C11H14N4O2. The van der Waals surface area contributed by atoms with Gasteiger partial charge in [-0.2, -0.15) is 5.26 Å². The van der Waals surface area contributed by atoms with Crippen LogP contribution in [-0.2, 0) is 4.74 Å². The zero-order chi connectivity index (χ0) is 12.7. The van der Waals surface area contributed by atoms with Crippen LogP contribution >= 0.6 is 0 Å². The van der Waals surface area contributed by atoms with E-state index in [9.17, 15) is 4.79 Å². The van der Waals surface area contributed by atoms with Crippen molar-refractivity contribution in [1.29, 1.82) is 5.26 Å². The fourth-order valence-electron chi connectivity index (χ4n) is 1.31. The molecule has 0 aliphatic rings. The predicted octanol–water partition coefficient (Wildman–Crippen LogP) is 1.00. The minimum Gasteiger partial charge on any atom is -0.464 e. The Morgan fingerprint density at radius 2 is 2.29 bits per heavy atom. The molecule has 6 heteroatoms. The van der Waals surface area contributed by atoms with E-state index in [1.54, 1.807) is 0 Å². The van der Waals surface area contributed by atoms with Gasteiger partial charge < -0.3 is 9.64 Å². The SMILES string of the molecule is CCN(CCC#N)c1cnc(C(=O)OC)cn1. The number of ether oxygens (including phenoxy) is 1. The van der Waals surface area contributed by atoms with Crippen LogP contribution < -0.4 is 4.90 Å². The molecule has 1 aromatic rings. The fraction of sp³-hybridized carbons (Fsp3) is 0.455. The monoisotopic (exact) mass is 234 g/mol. The van der Waals surface area contributed by atoms with Crippen molar-refractivity contribution in [1.82, 2.24) is 9.97 Å². The Kier molecular flexibility index (Phi) is 4.88. The van der Waals surface area contributed by atoms with Crippen molar-refractivity contribution in [2.45, 2.75) is 13.3 Å². The number of carbonyl (C=O) groups is 1. The van der Waals surface area contributed by atoms with E-state index in [1.807, 2.05) is 11.8 Å². The van der Waals surface area contributed by atoms with Crippen LogP contribution in [0.5, 0.6) is 0 Å². The number of esters is 1. The van der Waals surface area contributed by atoms with Crippen molar-refractivity contribution >= 4 is 11.8 Å². The molecule has 0 atom stereocenters. The normalized spacial score (nSPS) is 9.47. The second-order valence-corrected chi connectivity index (χ2v) is 3.24. The number of hydrogen-bond donors (Lipinski definition) is 0. The fourth-order valence-corrected chi connectivity index (χ4v) is 1.31. The standard InChI is InChI=1S/C11H14N4O2/c1-3-15(6-4-5-12)10-8-13-9(7-14-10)11(16)17-2/h7-8H,3-4,6H2,1-2H3. The average Bonchev–Trinajstić information content (AvgIpc) is 2.39. The maximum atomic E-state index is 11.2. The maximum Gasteiger partial charge on any atom is 0.358 e. The van der Waals surface area contributed by atoms with Gasteiger partial charge in [0.2, 0.25) is 0 Å². The summed E-state index contributed by atoms with van der Waals surface area (Å²) in [6.07, 6.45) is 3.30. The first-order chi connectivity index (χ1) is 8.22. The first-order valence-corrected chi connectivity index (χ1v) is 5.25. The van der Waals surface area contributed by atoms with Gasteiger partial charge in [0, 0.05) is 13.1 Å². The lowest BCUT2D eigenvalue weighted by molar-refractivity contribution is 0.0593. The summed E-state index contributed by atoms with van der Waals surface area (Å²) in [5.74, 6) is 0.138. The third-order valence-electron chi connectivity index (χ3n) is 2.23.